The van der Waals surface area contributed by atoms with Gasteiger partial charge in [-0.25, -0.2) is 0 Å². The first-order chi connectivity index (χ1) is 13.9. The smallest absolute Gasteiger partial charge is 0.313 e. The van der Waals surface area contributed by atoms with Crippen LogP contribution in [-0.2, 0) is 23.8 Å². The minimum atomic E-state index is -1.28. The summed E-state index contributed by atoms with van der Waals surface area (Å²) in [6.45, 7) is 10.6. The van der Waals surface area contributed by atoms with Gasteiger partial charge in [0, 0.05) is 12.8 Å². The molecule has 0 aromatic heterocycles. The molecular formula is C23H36O7. The third-order valence-electron chi connectivity index (χ3n) is 6.35. The Morgan fingerprint density at radius 1 is 1.40 bits per heavy atom. The van der Waals surface area contributed by atoms with Gasteiger partial charge >= 0.3 is 11.9 Å². The Hall–Kier alpha value is -1.70. The summed E-state index contributed by atoms with van der Waals surface area (Å²) in [6.07, 6.45) is 3.89. The molecule has 2 N–H and O–H groups in total. The summed E-state index contributed by atoms with van der Waals surface area (Å²) in [6, 6.07) is 0. The Kier molecular flexibility index (Phi) is 7.88. The van der Waals surface area contributed by atoms with Crippen molar-refractivity contribution in [1.29, 1.82) is 0 Å². The fraction of sp³-hybridized carbons (Fsp3) is 0.739. The number of aliphatic hydroxyl groups is 2. The number of carbonyl (C=O) groups is 2. The summed E-state index contributed by atoms with van der Waals surface area (Å²) in [5.74, 6) is -1.68. The molecule has 0 spiro atoms. The van der Waals surface area contributed by atoms with Gasteiger partial charge in [-0.2, -0.15) is 0 Å². The number of rotatable bonds is 7. The summed E-state index contributed by atoms with van der Waals surface area (Å²) in [5.41, 5.74) is -0.0194. The van der Waals surface area contributed by atoms with Gasteiger partial charge in [0.05, 0.1) is 36.4 Å². The highest BCUT2D eigenvalue weighted by Crippen LogP contribution is 2.48. The van der Waals surface area contributed by atoms with Crippen LogP contribution >= 0.6 is 0 Å². The molecule has 2 rings (SSSR count). The van der Waals surface area contributed by atoms with Gasteiger partial charge in [-0.05, 0) is 58.4 Å². The van der Waals surface area contributed by atoms with E-state index in [2.05, 4.69) is 13.5 Å². The largest absolute Gasteiger partial charge is 0.469 e. The molecule has 7 heteroatoms. The number of aliphatic hydroxyl groups excluding tert-OH is 1. The first-order valence-corrected chi connectivity index (χ1v) is 10.5. The maximum Gasteiger partial charge on any atom is 0.313 e. The van der Waals surface area contributed by atoms with Crippen molar-refractivity contribution in [2.75, 3.05) is 13.7 Å². The van der Waals surface area contributed by atoms with Crippen LogP contribution in [0.5, 0.6) is 0 Å². The van der Waals surface area contributed by atoms with Gasteiger partial charge in [0.25, 0.3) is 0 Å². The van der Waals surface area contributed by atoms with Crippen molar-refractivity contribution >= 4 is 11.9 Å². The normalized spacial score (nSPS) is 31.0. The Labute approximate surface area is 179 Å². The molecule has 0 bridgehead atoms. The number of ether oxygens (including phenoxy) is 3. The third-order valence-corrected chi connectivity index (χ3v) is 6.35. The number of methoxy groups -OCH3 is 1. The van der Waals surface area contributed by atoms with E-state index in [0.717, 1.165) is 18.4 Å². The predicted octanol–water partition coefficient (Wildman–Crippen LogP) is 2.69. The molecule has 0 aromatic rings. The SMILES string of the molecule is C=C1CC[C@@H]2O[C@@]2(C)CC[C@H](C(=CCC(O)C(C)(C)O)COC(C)=O)[C@H]1C(=O)OC. The van der Waals surface area contributed by atoms with Gasteiger partial charge < -0.3 is 24.4 Å². The zero-order valence-electron chi connectivity index (χ0n) is 18.8. The van der Waals surface area contributed by atoms with E-state index in [1.165, 1.54) is 27.9 Å². The second-order valence-electron chi connectivity index (χ2n) is 9.23. The monoisotopic (exact) mass is 424 g/mol. The Bertz CT molecular complexity index is 690. The first kappa shape index (κ1) is 24.6. The van der Waals surface area contributed by atoms with Crippen molar-refractivity contribution in [2.24, 2.45) is 11.8 Å². The lowest BCUT2D eigenvalue weighted by molar-refractivity contribution is -0.145. The molecule has 1 heterocycles. The molecule has 30 heavy (non-hydrogen) atoms. The molecule has 2 fully saturated rings. The van der Waals surface area contributed by atoms with Gasteiger partial charge in [-0.1, -0.05) is 18.2 Å². The van der Waals surface area contributed by atoms with Crippen LogP contribution in [0.15, 0.2) is 23.8 Å². The number of hydrogen-bond donors (Lipinski definition) is 2. The van der Waals surface area contributed by atoms with Gasteiger partial charge in [-0.15, -0.1) is 0 Å². The van der Waals surface area contributed by atoms with E-state index < -0.39 is 23.6 Å². The lowest BCUT2D eigenvalue weighted by Gasteiger charge is -2.30. The van der Waals surface area contributed by atoms with Crippen molar-refractivity contribution < 1.29 is 34.0 Å². The molecule has 170 valence electrons. The summed E-state index contributed by atoms with van der Waals surface area (Å²) >= 11 is 0. The average molecular weight is 425 g/mol. The van der Waals surface area contributed by atoms with E-state index in [1.807, 2.05) is 0 Å². The second kappa shape index (κ2) is 9.62. The molecule has 7 nitrogen and oxygen atoms in total. The number of hydrogen-bond acceptors (Lipinski definition) is 7. The van der Waals surface area contributed by atoms with Crippen LogP contribution in [0.2, 0.25) is 0 Å². The highest BCUT2D eigenvalue weighted by Gasteiger charge is 2.53. The minimum Gasteiger partial charge on any atom is -0.469 e. The fourth-order valence-corrected chi connectivity index (χ4v) is 4.15. The van der Waals surface area contributed by atoms with E-state index in [4.69, 9.17) is 14.2 Å². The van der Waals surface area contributed by atoms with E-state index in [-0.39, 0.29) is 36.6 Å². The van der Waals surface area contributed by atoms with E-state index >= 15 is 0 Å². The highest BCUT2D eigenvalue weighted by molar-refractivity contribution is 5.76. The quantitative estimate of drug-likeness (QED) is 0.368. The van der Waals surface area contributed by atoms with Crippen LogP contribution in [0.1, 0.15) is 59.8 Å². The molecule has 1 saturated heterocycles. The Morgan fingerprint density at radius 3 is 2.63 bits per heavy atom. The van der Waals surface area contributed by atoms with Crippen LogP contribution < -0.4 is 0 Å². The average Bonchev–Trinajstić information content (AvgIpc) is 3.30. The van der Waals surface area contributed by atoms with Crippen LogP contribution in [0, 0.1) is 11.8 Å². The molecule has 1 unspecified atom stereocenters. The van der Waals surface area contributed by atoms with Crippen molar-refractivity contribution in [1.82, 2.24) is 0 Å². The summed E-state index contributed by atoms with van der Waals surface area (Å²) in [5, 5.41) is 20.4. The van der Waals surface area contributed by atoms with Crippen LogP contribution in [0.3, 0.4) is 0 Å². The zero-order chi connectivity index (χ0) is 22.7. The second-order valence-corrected chi connectivity index (χ2v) is 9.23. The van der Waals surface area contributed by atoms with E-state index in [1.54, 1.807) is 6.08 Å². The molecular weight excluding hydrogens is 388 g/mol. The van der Waals surface area contributed by atoms with Gasteiger partial charge in [0.15, 0.2) is 0 Å². The maximum absolute atomic E-state index is 12.7. The predicted molar refractivity (Wildman–Crippen MR) is 112 cm³/mol. The maximum atomic E-state index is 12.7. The standard InChI is InChI=1S/C23H36O7/c1-14-7-10-19-23(5,30-19)12-11-17(20(14)21(26)28-6)16(13-29-15(2)24)8-9-18(25)22(3,4)27/h8,17-20,25,27H,1,7,9-13H2,2-6H3/t17-,18?,19+,20+,23+/m1/s1. The first-order valence-electron chi connectivity index (χ1n) is 10.5. The molecule has 0 aromatic carbocycles. The van der Waals surface area contributed by atoms with Gasteiger partial charge in [0.2, 0.25) is 0 Å². The van der Waals surface area contributed by atoms with Crippen molar-refractivity contribution in [3.8, 4) is 0 Å². The van der Waals surface area contributed by atoms with Crippen LogP contribution in [0.25, 0.3) is 0 Å². The molecule has 0 amide bonds. The molecule has 2 aliphatic rings. The Balaban J connectivity index is 2.39. The topological polar surface area (TPSA) is 106 Å². The van der Waals surface area contributed by atoms with Crippen molar-refractivity contribution in [2.45, 2.75) is 83.2 Å². The molecule has 0 radical (unpaired) electrons. The number of carbonyl (C=O) groups excluding carboxylic acids is 2. The molecule has 1 aliphatic heterocycles. The Morgan fingerprint density at radius 2 is 2.07 bits per heavy atom. The lowest BCUT2D eigenvalue weighted by Crippen LogP contribution is -2.35. The molecule has 1 aliphatic carbocycles. The van der Waals surface area contributed by atoms with E-state index in [0.29, 0.717) is 18.4 Å². The van der Waals surface area contributed by atoms with E-state index in [9.17, 15) is 19.8 Å². The van der Waals surface area contributed by atoms with Crippen LogP contribution in [-0.4, -0.2) is 59.3 Å². The summed E-state index contributed by atoms with van der Waals surface area (Å²) in [4.78, 5) is 24.2. The third kappa shape index (κ3) is 6.15. The van der Waals surface area contributed by atoms with Gasteiger partial charge in [0.1, 0.15) is 6.61 Å². The fourth-order valence-electron chi connectivity index (χ4n) is 4.15. The highest BCUT2D eigenvalue weighted by atomic mass is 16.6. The van der Waals surface area contributed by atoms with Crippen molar-refractivity contribution in [3.63, 3.8) is 0 Å². The lowest BCUT2D eigenvalue weighted by atomic mass is 9.77. The summed E-state index contributed by atoms with van der Waals surface area (Å²) < 4.78 is 16.2. The summed E-state index contributed by atoms with van der Waals surface area (Å²) in [7, 11) is 1.36. The molecule has 1 saturated carbocycles. The molecule has 5 atom stereocenters. The number of fused-ring (bicyclic) bond motifs is 1. The minimum absolute atomic E-state index is 0.000349. The van der Waals surface area contributed by atoms with Crippen LogP contribution in [0.4, 0.5) is 0 Å². The number of epoxide rings is 1. The zero-order valence-corrected chi connectivity index (χ0v) is 18.8. The van der Waals surface area contributed by atoms with Gasteiger partial charge in [-0.3, -0.25) is 9.59 Å². The number of esters is 2. The van der Waals surface area contributed by atoms with Crippen molar-refractivity contribution in [3.05, 3.63) is 23.8 Å².